The zero-order valence-corrected chi connectivity index (χ0v) is 18.9. The first-order chi connectivity index (χ1) is 16.5. The van der Waals surface area contributed by atoms with Gasteiger partial charge in [0.15, 0.2) is 5.76 Å². The highest BCUT2D eigenvalue weighted by molar-refractivity contribution is 5.98. The summed E-state index contributed by atoms with van der Waals surface area (Å²) in [6.45, 7) is 1.13. The van der Waals surface area contributed by atoms with Gasteiger partial charge in [-0.3, -0.25) is 14.4 Å². The van der Waals surface area contributed by atoms with Gasteiger partial charge in [0.2, 0.25) is 5.91 Å². The molecule has 0 aliphatic carbocycles. The number of ether oxygens (including phenoxy) is 1. The third-order valence-corrected chi connectivity index (χ3v) is 5.95. The van der Waals surface area contributed by atoms with Crippen molar-refractivity contribution in [1.82, 2.24) is 15.5 Å². The van der Waals surface area contributed by atoms with Gasteiger partial charge in [-0.05, 0) is 61.2 Å². The molecule has 1 saturated heterocycles. The summed E-state index contributed by atoms with van der Waals surface area (Å²) in [7, 11) is 1.53. The smallest absolute Gasteiger partial charge is 0.289 e. The molecule has 2 N–H and O–H groups in total. The molecule has 0 radical (unpaired) electrons. The van der Waals surface area contributed by atoms with Crippen molar-refractivity contribution >= 4 is 17.7 Å². The minimum atomic E-state index is -0.769. The average Bonchev–Trinajstić information content (AvgIpc) is 3.60. The number of hydrogen-bond donors (Lipinski definition) is 2. The Labute approximate surface area is 197 Å². The highest BCUT2D eigenvalue weighted by Gasteiger charge is 2.34. The molecule has 2 aromatic heterocycles. The van der Waals surface area contributed by atoms with E-state index in [0.29, 0.717) is 43.0 Å². The molecule has 3 aromatic rings. The van der Waals surface area contributed by atoms with E-state index in [9.17, 15) is 14.4 Å². The normalized spacial score (nSPS) is 14.9. The first-order valence-electron chi connectivity index (χ1n) is 11.1. The number of methoxy groups -OCH3 is 1. The maximum atomic E-state index is 13.1. The van der Waals surface area contributed by atoms with E-state index in [1.165, 1.54) is 19.6 Å². The van der Waals surface area contributed by atoms with E-state index in [2.05, 4.69) is 10.6 Å². The average molecular weight is 466 g/mol. The van der Waals surface area contributed by atoms with E-state index < -0.39 is 6.04 Å². The molecule has 34 heavy (non-hydrogen) atoms. The summed E-state index contributed by atoms with van der Waals surface area (Å²) in [6.07, 6.45) is 4.12. The maximum Gasteiger partial charge on any atom is 0.289 e. The van der Waals surface area contributed by atoms with Crippen LogP contribution in [0.2, 0.25) is 0 Å². The van der Waals surface area contributed by atoms with Gasteiger partial charge in [0, 0.05) is 18.7 Å². The van der Waals surface area contributed by atoms with Gasteiger partial charge in [0.25, 0.3) is 11.8 Å². The lowest BCUT2D eigenvalue weighted by atomic mass is 9.88. The van der Waals surface area contributed by atoms with Crippen LogP contribution >= 0.6 is 0 Å². The third-order valence-electron chi connectivity index (χ3n) is 5.95. The summed E-state index contributed by atoms with van der Waals surface area (Å²) in [5.74, 6) is 0.461. The second-order valence-corrected chi connectivity index (χ2v) is 8.09. The SMILES string of the molecule is COc1cccc(C(=O)NC(C(=O)NCc2ccco2)C2CCN(C(=O)c3ccco3)CC2)c1. The molecule has 1 aromatic carbocycles. The molecular weight excluding hydrogens is 438 g/mol. The van der Waals surface area contributed by atoms with E-state index in [0.717, 1.165) is 0 Å². The molecule has 9 nitrogen and oxygen atoms in total. The molecule has 1 fully saturated rings. The Balaban J connectivity index is 1.45. The van der Waals surface area contributed by atoms with Crippen LogP contribution in [0.15, 0.2) is 69.9 Å². The van der Waals surface area contributed by atoms with Gasteiger partial charge in [-0.25, -0.2) is 0 Å². The quantitative estimate of drug-likeness (QED) is 0.529. The summed E-state index contributed by atoms with van der Waals surface area (Å²) >= 11 is 0. The standard InChI is InChI=1S/C25H27N3O6/c1-32-19-6-2-5-18(15-19)23(29)27-22(24(30)26-16-20-7-3-13-33-20)17-9-11-28(12-10-17)25(31)21-8-4-14-34-21/h2-8,13-15,17,22H,9-12,16H2,1H3,(H,26,30)(H,27,29). The van der Waals surface area contributed by atoms with Crippen molar-refractivity contribution < 1.29 is 28.0 Å². The number of carbonyl (C=O) groups excluding carboxylic acids is 3. The minimum absolute atomic E-state index is 0.146. The first kappa shape index (κ1) is 23.2. The molecule has 0 bridgehead atoms. The third kappa shape index (κ3) is 5.48. The molecule has 1 atom stereocenters. The molecule has 9 heteroatoms. The number of carbonyl (C=O) groups is 3. The van der Waals surface area contributed by atoms with Gasteiger partial charge < -0.3 is 29.1 Å². The fraction of sp³-hybridized carbons (Fsp3) is 0.320. The van der Waals surface area contributed by atoms with Crippen molar-refractivity contribution in [1.29, 1.82) is 0 Å². The Morgan fingerprint density at radius 2 is 1.82 bits per heavy atom. The first-order valence-corrected chi connectivity index (χ1v) is 11.1. The molecule has 3 heterocycles. The highest BCUT2D eigenvalue weighted by Crippen LogP contribution is 2.23. The van der Waals surface area contributed by atoms with Crippen LogP contribution in [0.4, 0.5) is 0 Å². The van der Waals surface area contributed by atoms with E-state index >= 15 is 0 Å². The number of nitrogens with zero attached hydrogens (tertiary/aromatic N) is 1. The van der Waals surface area contributed by atoms with Crippen LogP contribution in [-0.2, 0) is 11.3 Å². The van der Waals surface area contributed by atoms with Crippen molar-refractivity contribution in [2.24, 2.45) is 5.92 Å². The largest absolute Gasteiger partial charge is 0.497 e. The zero-order chi connectivity index (χ0) is 23.9. The fourth-order valence-corrected chi connectivity index (χ4v) is 4.08. The van der Waals surface area contributed by atoms with Crippen LogP contribution in [0, 0.1) is 5.92 Å². The number of amides is 3. The number of furan rings is 2. The Hall–Kier alpha value is -4.01. The predicted octanol–water partition coefficient (Wildman–Crippen LogP) is 2.85. The number of likely N-dealkylation sites (tertiary alicyclic amines) is 1. The fourth-order valence-electron chi connectivity index (χ4n) is 4.08. The molecule has 3 amide bonds. The zero-order valence-electron chi connectivity index (χ0n) is 18.9. The van der Waals surface area contributed by atoms with Crippen LogP contribution in [-0.4, -0.2) is 48.9 Å². The van der Waals surface area contributed by atoms with Gasteiger partial charge >= 0.3 is 0 Å². The van der Waals surface area contributed by atoms with Crippen LogP contribution in [0.1, 0.15) is 39.5 Å². The lowest BCUT2D eigenvalue weighted by Gasteiger charge is -2.35. The van der Waals surface area contributed by atoms with E-state index in [-0.39, 0.29) is 35.9 Å². The van der Waals surface area contributed by atoms with Gasteiger partial charge in [0.05, 0.1) is 26.2 Å². The van der Waals surface area contributed by atoms with Crippen molar-refractivity contribution in [2.45, 2.75) is 25.4 Å². The summed E-state index contributed by atoms with van der Waals surface area (Å²) in [5.41, 5.74) is 0.397. The Morgan fingerprint density at radius 1 is 1.06 bits per heavy atom. The molecule has 0 saturated carbocycles. The number of rotatable bonds is 8. The molecular formula is C25H27N3O6. The van der Waals surface area contributed by atoms with Gasteiger partial charge in [-0.2, -0.15) is 0 Å². The molecule has 4 rings (SSSR count). The Kier molecular flexibility index (Phi) is 7.31. The predicted molar refractivity (Wildman–Crippen MR) is 122 cm³/mol. The van der Waals surface area contributed by atoms with Crippen molar-refractivity contribution in [2.75, 3.05) is 20.2 Å². The van der Waals surface area contributed by atoms with Crippen LogP contribution in [0.3, 0.4) is 0 Å². The van der Waals surface area contributed by atoms with Crippen LogP contribution < -0.4 is 15.4 Å². The van der Waals surface area contributed by atoms with E-state index in [1.54, 1.807) is 53.4 Å². The van der Waals surface area contributed by atoms with Crippen LogP contribution in [0.5, 0.6) is 5.75 Å². The Bertz CT molecular complexity index is 1100. The molecule has 1 unspecified atom stereocenters. The second-order valence-electron chi connectivity index (χ2n) is 8.09. The molecule has 178 valence electrons. The van der Waals surface area contributed by atoms with Crippen molar-refractivity contribution in [3.8, 4) is 5.75 Å². The Morgan fingerprint density at radius 3 is 2.50 bits per heavy atom. The van der Waals surface area contributed by atoms with Gasteiger partial charge in [-0.15, -0.1) is 0 Å². The van der Waals surface area contributed by atoms with Crippen molar-refractivity contribution in [3.63, 3.8) is 0 Å². The van der Waals surface area contributed by atoms with E-state index in [4.69, 9.17) is 13.6 Å². The van der Waals surface area contributed by atoms with Crippen LogP contribution in [0.25, 0.3) is 0 Å². The van der Waals surface area contributed by atoms with Gasteiger partial charge in [0.1, 0.15) is 17.6 Å². The summed E-state index contributed by atoms with van der Waals surface area (Å²) in [6, 6.07) is 12.8. The maximum absolute atomic E-state index is 13.1. The van der Waals surface area contributed by atoms with E-state index in [1.807, 2.05) is 0 Å². The lowest BCUT2D eigenvalue weighted by Crippen LogP contribution is -2.53. The monoisotopic (exact) mass is 465 g/mol. The highest BCUT2D eigenvalue weighted by atomic mass is 16.5. The number of piperidine rings is 1. The lowest BCUT2D eigenvalue weighted by molar-refractivity contribution is -0.124. The number of benzene rings is 1. The number of nitrogens with one attached hydrogen (secondary N) is 2. The summed E-state index contributed by atoms with van der Waals surface area (Å²) in [4.78, 5) is 40.4. The minimum Gasteiger partial charge on any atom is -0.497 e. The molecule has 0 spiro atoms. The molecule has 1 aliphatic rings. The molecule has 1 aliphatic heterocycles. The summed E-state index contributed by atoms with van der Waals surface area (Å²) in [5, 5.41) is 5.75. The topological polar surface area (TPSA) is 114 Å². The van der Waals surface area contributed by atoms with Crippen molar-refractivity contribution in [3.05, 3.63) is 78.1 Å². The number of hydrogen-bond acceptors (Lipinski definition) is 6. The van der Waals surface area contributed by atoms with Gasteiger partial charge in [-0.1, -0.05) is 6.07 Å². The second kappa shape index (κ2) is 10.7. The summed E-state index contributed by atoms with van der Waals surface area (Å²) < 4.78 is 15.7.